The van der Waals surface area contributed by atoms with Gasteiger partial charge in [0.25, 0.3) is 5.91 Å². The molecule has 5 heteroatoms. The average Bonchev–Trinajstić information content (AvgIpc) is 2.50. The van der Waals surface area contributed by atoms with Crippen molar-refractivity contribution >= 4 is 5.91 Å². The summed E-state index contributed by atoms with van der Waals surface area (Å²) in [5, 5.41) is 2.88. The molecule has 0 aliphatic rings. The molecule has 1 aromatic carbocycles. The highest BCUT2D eigenvalue weighted by Crippen LogP contribution is 2.33. The molecule has 5 nitrogen and oxygen atoms in total. The van der Waals surface area contributed by atoms with E-state index in [4.69, 9.17) is 15.2 Å². The number of unbranched alkanes of at least 4 members (excludes halogenated alkanes) is 1. The third-order valence-electron chi connectivity index (χ3n) is 3.10. The number of amides is 1. The second kappa shape index (κ2) is 9.02. The molecule has 0 spiro atoms. The Balaban J connectivity index is 2.93. The van der Waals surface area contributed by atoms with E-state index in [1.165, 1.54) is 0 Å². The van der Waals surface area contributed by atoms with Gasteiger partial charge in [-0.2, -0.15) is 0 Å². The number of ether oxygens (including phenoxy) is 2. The molecule has 21 heavy (non-hydrogen) atoms. The molecule has 0 saturated carbocycles. The largest absolute Gasteiger partial charge is 0.493 e. The van der Waals surface area contributed by atoms with E-state index in [-0.39, 0.29) is 5.91 Å². The van der Waals surface area contributed by atoms with Gasteiger partial charge < -0.3 is 20.5 Å². The smallest absolute Gasteiger partial charge is 0.251 e. The Morgan fingerprint density at radius 1 is 1.33 bits per heavy atom. The highest BCUT2D eigenvalue weighted by Gasteiger charge is 2.15. The fourth-order valence-corrected chi connectivity index (χ4v) is 2.05. The first-order chi connectivity index (χ1) is 10.2. The molecule has 0 heterocycles. The first-order valence-electron chi connectivity index (χ1n) is 7.02. The quantitative estimate of drug-likeness (QED) is 0.538. The molecular weight excluding hydrogens is 268 g/mol. The highest BCUT2D eigenvalue weighted by molar-refractivity contribution is 5.95. The van der Waals surface area contributed by atoms with Gasteiger partial charge in [0.05, 0.1) is 14.2 Å². The van der Waals surface area contributed by atoms with Crippen molar-refractivity contribution in [2.75, 3.05) is 27.3 Å². The number of carbonyl (C=O) groups excluding carboxylic acids is 1. The van der Waals surface area contributed by atoms with Gasteiger partial charge in [-0.15, -0.1) is 6.58 Å². The van der Waals surface area contributed by atoms with Crippen LogP contribution in [0.2, 0.25) is 0 Å². The summed E-state index contributed by atoms with van der Waals surface area (Å²) in [5.74, 6) is 1.05. The van der Waals surface area contributed by atoms with Crippen molar-refractivity contribution in [1.82, 2.24) is 5.32 Å². The number of nitrogens with one attached hydrogen (secondary N) is 1. The Hall–Kier alpha value is -2.01. The fourth-order valence-electron chi connectivity index (χ4n) is 2.05. The van der Waals surface area contributed by atoms with Crippen molar-refractivity contribution in [1.29, 1.82) is 0 Å². The molecule has 3 N–H and O–H groups in total. The maximum atomic E-state index is 12.2. The maximum Gasteiger partial charge on any atom is 0.251 e. The Kier molecular flexibility index (Phi) is 7.32. The van der Waals surface area contributed by atoms with Crippen LogP contribution >= 0.6 is 0 Å². The van der Waals surface area contributed by atoms with Crippen LogP contribution < -0.4 is 20.5 Å². The molecule has 0 aromatic heterocycles. The lowest BCUT2D eigenvalue weighted by Crippen LogP contribution is -2.25. The van der Waals surface area contributed by atoms with Crippen molar-refractivity contribution in [3.8, 4) is 11.5 Å². The van der Waals surface area contributed by atoms with Gasteiger partial charge >= 0.3 is 0 Å². The summed E-state index contributed by atoms with van der Waals surface area (Å²) in [7, 11) is 3.13. The van der Waals surface area contributed by atoms with Crippen LogP contribution in [0.4, 0.5) is 0 Å². The summed E-state index contributed by atoms with van der Waals surface area (Å²) in [5.41, 5.74) is 6.85. The van der Waals surface area contributed by atoms with Crippen LogP contribution in [0.15, 0.2) is 24.8 Å². The molecule has 1 rings (SSSR count). The van der Waals surface area contributed by atoms with E-state index in [0.717, 1.165) is 18.4 Å². The average molecular weight is 292 g/mol. The number of nitrogens with two attached hydrogens (primary N) is 1. The van der Waals surface area contributed by atoms with Crippen molar-refractivity contribution in [3.63, 3.8) is 0 Å². The molecule has 0 bridgehead atoms. The van der Waals surface area contributed by atoms with Gasteiger partial charge in [-0.25, -0.2) is 0 Å². The molecule has 0 aliphatic carbocycles. The van der Waals surface area contributed by atoms with Gasteiger partial charge in [0, 0.05) is 17.7 Å². The van der Waals surface area contributed by atoms with Crippen LogP contribution in [0.5, 0.6) is 11.5 Å². The molecule has 0 radical (unpaired) electrons. The SMILES string of the molecule is C=CCc1cc(C(=O)NCCCCN)cc(OC)c1OC. The van der Waals surface area contributed by atoms with Crippen molar-refractivity contribution in [2.45, 2.75) is 19.3 Å². The second-order valence-corrected chi connectivity index (χ2v) is 4.62. The van der Waals surface area contributed by atoms with Gasteiger partial charge in [-0.05, 0) is 37.9 Å². The zero-order valence-corrected chi connectivity index (χ0v) is 12.8. The van der Waals surface area contributed by atoms with E-state index < -0.39 is 0 Å². The molecule has 1 aromatic rings. The predicted octanol–water partition coefficient (Wildman–Crippen LogP) is 1.90. The van der Waals surface area contributed by atoms with Crippen molar-refractivity contribution in [3.05, 3.63) is 35.9 Å². The Morgan fingerprint density at radius 3 is 2.67 bits per heavy atom. The minimum Gasteiger partial charge on any atom is -0.493 e. The molecule has 1 amide bonds. The molecule has 0 atom stereocenters. The molecule has 0 fully saturated rings. The van der Waals surface area contributed by atoms with Gasteiger partial charge in [0.1, 0.15) is 0 Å². The van der Waals surface area contributed by atoms with Crippen LogP contribution in [0, 0.1) is 0 Å². The van der Waals surface area contributed by atoms with Crippen LogP contribution in [0.25, 0.3) is 0 Å². The highest BCUT2D eigenvalue weighted by atomic mass is 16.5. The summed E-state index contributed by atoms with van der Waals surface area (Å²) in [6, 6.07) is 3.49. The third kappa shape index (κ3) is 4.79. The minimum atomic E-state index is -0.127. The van der Waals surface area contributed by atoms with Gasteiger partial charge in [-0.3, -0.25) is 4.79 Å². The van der Waals surface area contributed by atoms with E-state index in [9.17, 15) is 4.79 Å². The minimum absolute atomic E-state index is 0.127. The zero-order chi connectivity index (χ0) is 15.7. The first kappa shape index (κ1) is 17.0. The normalized spacial score (nSPS) is 10.0. The maximum absolute atomic E-state index is 12.2. The topological polar surface area (TPSA) is 73.6 Å². The Bertz CT molecular complexity index is 487. The summed E-state index contributed by atoms with van der Waals surface area (Å²) in [6.07, 6.45) is 4.14. The summed E-state index contributed by atoms with van der Waals surface area (Å²) >= 11 is 0. The number of hydrogen-bond acceptors (Lipinski definition) is 4. The predicted molar refractivity (Wildman–Crippen MR) is 84.1 cm³/mol. The lowest BCUT2D eigenvalue weighted by Gasteiger charge is -2.14. The molecular formula is C16H24N2O3. The summed E-state index contributed by atoms with van der Waals surface area (Å²) in [6.45, 7) is 4.97. The standard InChI is InChI=1S/C16H24N2O3/c1-4-7-12-10-13(11-14(20-2)15(12)21-3)16(19)18-9-6-5-8-17/h4,10-11H,1,5-9,17H2,2-3H3,(H,18,19). The van der Waals surface area contributed by atoms with E-state index in [2.05, 4.69) is 11.9 Å². The van der Waals surface area contributed by atoms with Crippen molar-refractivity contribution < 1.29 is 14.3 Å². The summed E-state index contributed by atoms with van der Waals surface area (Å²) in [4.78, 5) is 12.2. The second-order valence-electron chi connectivity index (χ2n) is 4.62. The van der Waals surface area contributed by atoms with E-state index >= 15 is 0 Å². The summed E-state index contributed by atoms with van der Waals surface area (Å²) < 4.78 is 10.7. The van der Waals surface area contributed by atoms with E-state index in [0.29, 0.717) is 36.6 Å². The van der Waals surface area contributed by atoms with Crippen LogP contribution in [-0.2, 0) is 6.42 Å². The number of carbonyl (C=O) groups is 1. The van der Waals surface area contributed by atoms with Gasteiger partial charge in [0.2, 0.25) is 0 Å². The monoisotopic (exact) mass is 292 g/mol. The van der Waals surface area contributed by atoms with Gasteiger partial charge in [0.15, 0.2) is 11.5 Å². The lowest BCUT2D eigenvalue weighted by atomic mass is 10.0. The zero-order valence-electron chi connectivity index (χ0n) is 12.8. The Morgan fingerprint density at radius 2 is 2.10 bits per heavy atom. The van der Waals surface area contributed by atoms with Crippen molar-refractivity contribution in [2.24, 2.45) is 5.73 Å². The first-order valence-corrected chi connectivity index (χ1v) is 7.02. The molecule has 0 aliphatic heterocycles. The number of rotatable bonds is 9. The van der Waals surface area contributed by atoms with E-state index in [1.54, 1.807) is 32.4 Å². The number of hydrogen-bond donors (Lipinski definition) is 2. The van der Waals surface area contributed by atoms with Crippen LogP contribution in [0.3, 0.4) is 0 Å². The van der Waals surface area contributed by atoms with Gasteiger partial charge in [-0.1, -0.05) is 6.08 Å². The van der Waals surface area contributed by atoms with E-state index in [1.807, 2.05) is 0 Å². The Labute approximate surface area is 126 Å². The molecule has 116 valence electrons. The third-order valence-corrected chi connectivity index (χ3v) is 3.10. The van der Waals surface area contributed by atoms with Crippen LogP contribution in [-0.4, -0.2) is 33.2 Å². The lowest BCUT2D eigenvalue weighted by molar-refractivity contribution is 0.0952. The number of benzene rings is 1. The molecule has 0 saturated heterocycles. The fraction of sp³-hybridized carbons (Fsp3) is 0.438. The van der Waals surface area contributed by atoms with Crippen LogP contribution in [0.1, 0.15) is 28.8 Å². The molecule has 0 unspecified atom stereocenters. The number of allylic oxidation sites excluding steroid dienone is 1. The number of methoxy groups -OCH3 is 2.